The van der Waals surface area contributed by atoms with Crippen LogP contribution in [0.25, 0.3) is 11.0 Å². The summed E-state index contributed by atoms with van der Waals surface area (Å²) in [5.74, 6) is -0.241. The van der Waals surface area contributed by atoms with Crippen LogP contribution in [-0.2, 0) is 5.54 Å². The molecule has 33 heavy (non-hydrogen) atoms. The molecule has 1 amide bonds. The van der Waals surface area contributed by atoms with Crippen molar-refractivity contribution in [3.63, 3.8) is 0 Å². The number of H-pyrrole nitrogens is 1. The van der Waals surface area contributed by atoms with Crippen molar-refractivity contribution in [2.45, 2.75) is 18.3 Å². The minimum Gasteiger partial charge on any atom is -0.491 e. The molecule has 168 valence electrons. The van der Waals surface area contributed by atoms with Gasteiger partial charge in [0.15, 0.2) is 0 Å². The number of carbonyl (C=O) groups is 1. The minimum atomic E-state index is -4.80. The Kier molecular flexibility index (Phi) is 4.92. The lowest BCUT2D eigenvalue weighted by atomic mass is 9.81. The first-order valence-electron chi connectivity index (χ1n) is 10.0. The number of nitrogens with one attached hydrogen (secondary N) is 2. The number of hydrogen-bond donors (Lipinski definition) is 2. The number of amides is 1. The molecule has 2 aromatic heterocycles. The van der Waals surface area contributed by atoms with E-state index in [1.54, 1.807) is 36.5 Å². The molecular formula is C23H17F3N4O3. The van der Waals surface area contributed by atoms with Crippen molar-refractivity contribution in [3.8, 4) is 11.5 Å². The van der Waals surface area contributed by atoms with Crippen LogP contribution in [0.5, 0.6) is 11.5 Å². The van der Waals surface area contributed by atoms with Gasteiger partial charge in [0.05, 0.1) is 24.0 Å². The first-order valence-corrected chi connectivity index (χ1v) is 10.0. The molecule has 1 aliphatic rings. The lowest BCUT2D eigenvalue weighted by Crippen LogP contribution is -2.50. The Morgan fingerprint density at radius 3 is 2.73 bits per heavy atom. The zero-order chi connectivity index (χ0) is 23.1. The number of halogens is 3. The number of imidazole rings is 1. The summed E-state index contributed by atoms with van der Waals surface area (Å²) in [4.78, 5) is 24.9. The smallest absolute Gasteiger partial charge is 0.491 e. The third-order valence-corrected chi connectivity index (χ3v) is 5.50. The van der Waals surface area contributed by atoms with E-state index >= 15 is 0 Å². The van der Waals surface area contributed by atoms with E-state index in [-0.39, 0.29) is 18.3 Å². The molecule has 0 spiro atoms. The van der Waals surface area contributed by atoms with Gasteiger partial charge in [-0.3, -0.25) is 9.78 Å². The van der Waals surface area contributed by atoms with Gasteiger partial charge in [-0.15, -0.1) is 13.2 Å². The van der Waals surface area contributed by atoms with Gasteiger partial charge in [-0.1, -0.05) is 12.1 Å². The van der Waals surface area contributed by atoms with E-state index in [1.807, 2.05) is 0 Å². The number of alkyl halides is 3. The van der Waals surface area contributed by atoms with E-state index in [4.69, 9.17) is 4.74 Å². The summed E-state index contributed by atoms with van der Waals surface area (Å²) in [6.45, 7) is 0.277. The molecule has 4 aromatic rings. The van der Waals surface area contributed by atoms with Crippen LogP contribution in [-0.4, -0.2) is 33.8 Å². The number of aromatic nitrogens is 3. The first kappa shape index (κ1) is 20.8. The zero-order valence-corrected chi connectivity index (χ0v) is 17.0. The fourth-order valence-electron chi connectivity index (χ4n) is 4.02. The lowest BCUT2D eigenvalue weighted by Gasteiger charge is -2.39. The summed E-state index contributed by atoms with van der Waals surface area (Å²) in [6.07, 6.45) is -1.36. The Labute approximate surface area is 185 Å². The highest BCUT2D eigenvalue weighted by atomic mass is 19.4. The number of fused-ring (bicyclic) bond motifs is 2. The SMILES string of the molecule is O=C(N[C@]1(c2ccc(OC(F)(F)F)cc2)CCOc2cccnc21)c1ccc2nc[nH]c2c1. The molecule has 0 aliphatic carbocycles. The van der Waals surface area contributed by atoms with E-state index < -0.39 is 11.9 Å². The van der Waals surface area contributed by atoms with Gasteiger partial charge < -0.3 is 19.8 Å². The maximum Gasteiger partial charge on any atom is 0.573 e. The van der Waals surface area contributed by atoms with E-state index in [9.17, 15) is 18.0 Å². The van der Waals surface area contributed by atoms with Crippen molar-refractivity contribution in [2.24, 2.45) is 0 Å². The summed E-state index contributed by atoms with van der Waals surface area (Å²) < 4.78 is 47.5. The van der Waals surface area contributed by atoms with Crippen LogP contribution in [0, 0.1) is 0 Å². The number of ether oxygens (including phenoxy) is 2. The second kappa shape index (κ2) is 7.80. The topological polar surface area (TPSA) is 89.1 Å². The molecule has 1 aliphatic heterocycles. The van der Waals surface area contributed by atoms with Crippen molar-refractivity contribution in [1.29, 1.82) is 0 Å². The number of benzene rings is 2. The molecule has 0 radical (unpaired) electrons. The molecule has 0 fully saturated rings. The average molecular weight is 454 g/mol. The number of rotatable bonds is 4. The Hall–Kier alpha value is -4.08. The van der Waals surface area contributed by atoms with Crippen LogP contribution in [0.3, 0.4) is 0 Å². The Balaban J connectivity index is 1.56. The van der Waals surface area contributed by atoms with Crippen molar-refractivity contribution in [3.05, 3.63) is 83.9 Å². The number of hydrogen-bond acceptors (Lipinski definition) is 5. The van der Waals surface area contributed by atoms with Gasteiger partial charge in [0.2, 0.25) is 0 Å². The normalized spacial score (nSPS) is 17.8. The second-order valence-corrected chi connectivity index (χ2v) is 7.51. The van der Waals surface area contributed by atoms with Crippen molar-refractivity contribution in [2.75, 3.05) is 6.61 Å². The van der Waals surface area contributed by atoms with Crippen LogP contribution < -0.4 is 14.8 Å². The highest BCUT2D eigenvalue weighted by Gasteiger charge is 2.42. The second-order valence-electron chi connectivity index (χ2n) is 7.51. The molecule has 10 heteroatoms. The highest BCUT2D eigenvalue weighted by molar-refractivity contribution is 5.98. The van der Waals surface area contributed by atoms with E-state index in [1.165, 1.54) is 30.6 Å². The predicted molar refractivity (Wildman–Crippen MR) is 112 cm³/mol. The molecular weight excluding hydrogens is 437 g/mol. The van der Waals surface area contributed by atoms with Gasteiger partial charge in [0, 0.05) is 18.2 Å². The fraction of sp³-hybridized carbons (Fsp3) is 0.174. The number of carbonyl (C=O) groups excluding carboxylic acids is 1. The quantitative estimate of drug-likeness (QED) is 0.480. The molecule has 7 nitrogen and oxygen atoms in total. The summed E-state index contributed by atoms with van der Waals surface area (Å²) in [5, 5.41) is 3.07. The minimum absolute atomic E-state index is 0.277. The molecule has 0 bridgehead atoms. The van der Waals surface area contributed by atoms with Gasteiger partial charge in [-0.25, -0.2) is 4.98 Å². The average Bonchev–Trinajstić information content (AvgIpc) is 3.27. The maximum atomic E-state index is 13.3. The third kappa shape index (κ3) is 3.95. The Bertz CT molecular complexity index is 1320. The van der Waals surface area contributed by atoms with Crippen LogP contribution >= 0.6 is 0 Å². The fourth-order valence-corrected chi connectivity index (χ4v) is 4.02. The van der Waals surface area contributed by atoms with Crippen LogP contribution in [0.15, 0.2) is 67.1 Å². The van der Waals surface area contributed by atoms with E-state index in [2.05, 4.69) is 25.0 Å². The molecule has 1 atom stereocenters. The van der Waals surface area contributed by atoms with E-state index in [0.29, 0.717) is 34.5 Å². The largest absolute Gasteiger partial charge is 0.573 e. The van der Waals surface area contributed by atoms with Crippen LogP contribution in [0.2, 0.25) is 0 Å². The molecule has 2 N–H and O–H groups in total. The predicted octanol–water partition coefficient (Wildman–Crippen LogP) is 4.31. The monoisotopic (exact) mass is 454 g/mol. The van der Waals surface area contributed by atoms with E-state index in [0.717, 1.165) is 5.52 Å². The first-order chi connectivity index (χ1) is 15.8. The van der Waals surface area contributed by atoms with Gasteiger partial charge in [0.25, 0.3) is 5.91 Å². The van der Waals surface area contributed by atoms with Gasteiger partial charge >= 0.3 is 6.36 Å². The Morgan fingerprint density at radius 2 is 1.94 bits per heavy atom. The van der Waals surface area contributed by atoms with Crippen molar-refractivity contribution < 1.29 is 27.4 Å². The van der Waals surface area contributed by atoms with Gasteiger partial charge in [-0.05, 0) is 48.0 Å². The molecule has 0 saturated carbocycles. The van der Waals surface area contributed by atoms with Crippen molar-refractivity contribution >= 4 is 16.9 Å². The summed E-state index contributed by atoms with van der Waals surface area (Å²) in [5.41, 5.74) is 1.72. The highest BCUT2D eigenvalue weighted by Crippen LogP contribution is 2.41. The maximum absolute atomic E-state index is 13.3. The molecule has 0 unspecified atom stereocenters. The van der Waals surface area contributed by atoms with Gasteiger partial charge in [-0.2, -0.15) is 0 Å². The molecule has 3 heterocycles. The molecule has 2 aromatic carbocycles. The summed E-state index contributed by atoms with van der Waals surface area (Å²) in [7, 11) is 0. The third-order valence-electron chi connectivity index (χ3n) is 5.50. The number of aromatic amines is 1. The van der Waals surface area contributed by atoms with Gasteiger partial charge in [0.1, 0.15) is 22.7 Å². The summed E-state index contributed by atoms with van der Waals surface area (Å²) in [6, 6.07) is 13.9. The number of pyridine rings is 1. The lowest BCUT2D eigenvalue weighted by molar-refractivity contribution is -0.274. The molecule has 5 rings (SSSR count). The summed E-state index contributed by atoms with van der Waals surface area (Å²) >= 11 is 0. The number of nitrogens with zero attached hydrogens (tertiary/aromatic N) is 2. The van der Waals surface area contributed by atoms with Crippen LogP contribution in [0.4, 0.5) is 13.2 Å². The van der Waals surface area contributed by atoms with Crippen molar-refractivity contribution in [1.82, 2.24) is 20.3 Å². The zero-order valence-electron chi connectivity index (χ0n) is 17.0. The molecule has 0 saturated heterocycles. The van der Waals surface area contributed by atoms with Crippen LogP contribution in [0.1, 0.15) is 28.0 Å². The Morgan fingerprint density at radius 1 is 1.12 bits per heavy atom. The standard InChI is InChI=1S/C23H17F3N4O3/c24-23(25,26)33-16-6-4-15(5-7-16)22(9-11-32-19-2-1-10-27-20(19)22)30-21(31)14-3-8-17-18(12-14)29-13-28-17/h1-8,10,12-13H,9,11H2,(H,28,29)(H,30,31)/t22-/m0/s1.